The Morgan fingerprint density at radius 1 is 1.02 bits per heavy atom. The van der Waals surface area contributed by atoms with Crippen molar-refractivity contribution in [3.63, 3.8) is 0 Å². The standard InChI is InChI=1S/C33H33BrN4O10/c1-5-44-32(40)29-18(2)36-33(41)37-30(29)21-7-9-23(25(13-21)42-3)45-16-28(39)38-35-14-20-10-22(34)31(27(12-20)43-4)46-15-19-6-8-24-26(11-19)48-17-47-24/h6-14,30H,5,15-17H2,1-4H3,(H,38,39)(H2,36,37,41)/b35-14-/t30-/m1/s1. The third-order valence-electron chi connectivity index (χ3n) is 7.12. The molecule has 2 aliphatic heterocycles. The summed E-state index contributed by atoms with van der Waals surface area (Å²) in [5.41, 5.74) is 5.14. The summed E-state index contributed by atoms with van der Waals surface area (Å²) in [5, 5.41) is 9.35. The maximum absolute atomic E-state index is 12.6. The first-order valence-electron chi connectivity index (χ1n) is 14.7. The maximum Gasteiger partial charge on any atom is 0.338 e. The number of allylic oxidation sites excluding steroid dienone is 1. The van der Waals surface area contributed by atoms with Gasteiger partial charge >= 0.3 is 12.0 Å². The van der Waals surface area contributed by atoms with E-state index >= 15 is 0 Å². The van der Waals surface area contributed by atoms with Crippen LogP contribution in [0.15, 0.2) is 69.4 Å². The third kappa shape index (κ3) is 7.91. The number of hydrogen-bond acceptors (Lipinski definition) is 11. The van der Waals surface area contributed by atoms with Crippen molar-refractivity contribution >= 4 is 40.1 Å². The van der Waals surface area contributed by atoms with Gasteiger partial charge in [0, 0.05) is 5.70 Å². The minimum absolute atomic E-state index is 0.176. The van der Waals surface area contributed by atoms with E-state index in [-0.39, 0.29) is 43.7 Å². The molecule has 0 saturated heterocycles. The molecule has 0 fully saturated rings. The molecule has 0 radical (unpaired) electrons. The Morgan fingerprint density at radius 3 is 2.58 bits per heavy atom. The zero-order valence-corrected chi connectivity index (χ0v) is 28.1. The molecular weight excluding hydrogens is 692 g/mol. The Balaban J connectivity index is 1.18. The lowest BCUT2D eigenvalue weighted by Crippen LogP contribution is -2.45. The van der Waals surface area contributed by atoms with Gasteiger partial charge in [-0.05, 0) is 82.9 Å². The van der Waals surface area contributed by atoms with Crippen molar-refractivity contribution in [1.29, 1.82) is 0 Å². The van der Waals surface area contributed by atoms with Gasteiger partial charge in [-0.25, -0.2) is 15.0 Å². The molecule has 1 atom stereocenters. The molecule has 0 saturated carbocycles. The van der Waals surface area contributed by atoms with E-state index in [2.05, 4.69) is 37.1 Å². The topological polar surface area (TPSA) is 164 Å². The van der Waals surface area contributed by atoms with Crippen molar-refractivity contribution in [2.24, 2.45) is 5.10 Å². The zero-order valence-electron chi connectivity index (χ0n) is 26.5. The molecule has 5 rings (SSSR count). The Kier molecular flexibility index (Phi) is 10.9. The van der Waals surface area contributed by atoms with Crippen molar-refractivity contribution in [3.05, 3.63) is 81.0 Å². The van der Waals surface area contributed by atoms with Crippen molar-refractivity contribution in [1.82, 2.24) is 16.1 Å². The van der Waals surface area contributed by atoms with Crippen molar-refractivity contribution in [3.8, 4) is 34.5 Å². The van der Waals surface area contributed by atoms with Gasteiger partial charge in [-0.1, -0.05) is 12.1 Å². The first-order chi connectivity index (χ1) is 23.2. The largest absolute Gasteiger partial charge is 0.493 e. The SMILES string of the molecule is CCOC(=O)C1=C(C)NC(=O)N[C@@H]1c1ccc(OCC(=O)N/N=C\c2cc(Br)c(OCc3ccc4c(c3)OCO4)c(OC)c2)c(OC)c1. The van der Waals surface area contributed by atoms with Gasteiger partial charge in [0.2, 0.25) is 6.79 Å². The number of hydrazone groups is 1. The van der Waals surface area contributed by atoms with Crippen LogP contribution in [0.5, 0.6) is 34.5 Å². The number of fused-ring (bicyclic) bond motifs is 1. The van der Waals surface area contributed by atoms with Gasteiger partial charge in [-0.15, -0.1) is 0 Å². The first kappa shape index (κ1) is 33.9. The number of ether oxygens (including phenoxy) is 7. The monoisotopic (exact) mass is 724 g/mol. The average molecular weight is 726 g/mol. The molecule has 14 nitrogen and oxygen atoms in total. The fraction of sp³-hybridized carbons (Fsp3) is 0.273. The molecule has 0 aliphatic carbocycles. The fourth-order valence-electron chi connectivity index (χ4n) is 4.90. The Bertz CT molecular complexity index is 1780. The number of nitrogens with zero attached hydrogens (tertiary/aromatic N) is 1. The van der Waals surface area contributed by atoms with Crippen molar-refractivity contribution in [2.75, 3.05) is 34.2 Å². The summed E-state index contributed by atoms with van der Waals surface area (Å²) in [4.78, 5) is 37.4. The summed E-state index contributed by atoms with van der Waals surface area (Å²) < 4.78 is 39.3. The van der Waals surface area contributed by atoms with Crippen LogP contribution in [-0.4, -0.2) is 58.3 Å². The van der Waals surface area contributed by atoms with Crippen LogP contribution in [0.25, 0.3) is 0 Å². The van der Waals surface area contributed by atoms with Crippen LogP contribution in [0.4, 0.5) is 4.79 Å². The molecule has 3 aromatic carbocycles. The molecule has 48 heavy (non-hydrogen) atoms. The average Bonchev–Trinajstić information content (AvgIpc) is 3.54. The van der Waals surface area contributed by atoms with Gasteiger partial charge in [-0.3, -0.25) is 4.79 Å². The molecule has 2 heterocycles. The smallest absolute Gasteiger partial charge is 0.338 e. The summed E-state index contributed by atoms with van der Waals surface area (Å²) in [7, 11) is 2.96. The highest BCUT2D eigenvalue weighted by atomic mass is 79.9. The molecule has 252 valence electrons. The number of hydrogen-bond donors (Lipinski definition) is 3. The number of halogens is 1. The molecular formula is C33H33BrN4O10. The minimum atomic E-state index is -0.784. The van der Waals surface area contributed by atoms with Crippen molar-refractivity contribution in [2.45, 2.75) is 26.5 Å². The lowest BCUT2D eigenvalue weighted by atomic mass is 9.95. The number of nitrogens with one attached hydrogen (secondary N) is 3. The molecule has 0 aromatic heterocycles. The van der Waals surface area contributed by atoms with Crippen LogP contribution in [-0.2, 0) is 20.9 Å². The van der Waals surface area contributed by atoms with Crippen LogP contribution in [0.2, 0.25) is 0 Å². The zero-order chi connectivity index (χ0) is 34.2. The van der Waals surface area contributed by atoms with E-state index < -0.39 is 23.9 Å². The number of methoxy groups -OCH3 is 2. The van der Waals surface area contributed by atoms with Crippen LogP contribution < -0.4 is 44.5 Å². The van der Waals surface area contributed by atoms with E-state index in [1.54, 1.807) is 44.2 Å². The lowest BCUT2D eigenvalue weighted by molar-refractivity contribution is -0.139. The lowest BCUT2D eigenvalue weighted by Gasteiger charge is -2.28. The fourth-order valence-corrected chi connectivity index (χ4v) is 5.48. The summed E-state index contributed by atoms with van der Waals surface area (Å²) in [6, 6.07) is 12.7. The number of urea groups is 1. The van der Waals surface area contributed by atoms with Crippen LogP contribution in [0.1, 0.15) is 36.6 Å². The Hall–Kier alpha value is -5.44. The molecule has 15 heteroatoms. The van der Waals surface area contributed by atoms with Gasteiger partial charge in [0.25, 0.3) is 5.91 Å². The first-order valence-corrected chi connectivity index (χ1v) is 15.5. The molecule has 3 aromatic rings. The van der Waals surface area contributed by atoms with Gasteiger partial charge in [-0.2, -0.15) is 5.10 Å². The van der Waals surface area contributed by atoms with E-state index in [0.717, 1.165) is 5.56 Å². The Labute approximate surface area is 284 Å². The van der Waals surface area contributed by atoms with Gasteiger partial charge in [0.1, 0.15) is 6.61 Å². The summed E-state index contributed by atoms with van der Waals surface area (Å²) in [5.74, 6) is 1.78. The van der Waals surface area contributed by atoms with Crippen LogP contribution in [0, 0.1) is 0 Å². The predicted octanol–water partition coefficient (Wildman–Crippen LogP) is 4.49. The summed E-state index contributed by atoms with van der Waals surface area (Å²) >= 11 is 3.52. The van der Waals surface area contributed by atoms with Crippen molar-refractivity contribution < 1.29 is 47.5 Å². The third-order valence-corrected chi connectivity index (χ3v) is 7.71. The second-order valence-corrected chi connectivity index (χ2v) is 11.1. The second kappa shape index (κ2) is 15.4. The summed E-state index contributed by atoms with van der Waals surface area (Å²) in [6.07, 6.45) is 1.45. The quantitative estimate of drug-likeness (QED) is 0.130. The number of carbonyl (C=O) groups excluding carboxylic acids is 3. The predicted molar refractivity (Wildman–Crippen MR) is 176 cm³/mol. The molecule has 0 unspecified atom stereocenters. The van der Waals surface area contributed by atoms with Crippen LogP contribution >= 0.6 is 15.9 Å². The van der Waals surface area contributed by atoms with Gasteiger partial charge < -0.3 is 43.8 Å². The number of rotatable bonds is 13. The molecule has 3 N–H and O–H groups in total. The number of amides is 3. The van der Waals surface area contributed by atoms with E-state index in [1.165, 1.54) is 20.4 Å². The maximum atomic E-state index is 12.6. The summed E-state index contributed by atoms with van der Waals surface area (Å²) in [6.45, 7) is 3.58. The normalized spacial score (nSPS) is 15.0. The highest BCUT2D eigenvalue weighted by Crippen LogP contribution is 2.38. The molecule has 3 amide bonds. The van der Waals surface area contributed by atoms with E-state index in [9.17, 15) is 14.4 Å². The highest BCUT2D eigenvalue weighted by Gasteiger charge is 2.32. The number of benzene rings is 3. The van der Waals surface area contributed by atoms with Crippen LogP contribution in [0.3, 0.4) is 0 Å². The number of esters is 1. The highest BCUT2D eigenvalue weighted by molar-refractivity contribution is 9.10. The van der Waals surface area contributed by atoms with E-state index in [1.807, 2.05) is 18.2 Å². The minimum Gasteiger partial charge on any atom is -0.493 e. The Morgan fingerprint density at radius 2 is 1.81 bits per heavy atom. The second-order valence-electron chi connectivity index (χ2n) is 10.3. The molecule has 0 spiro atoms. The molecule has 2 aliphatic rings. The van der Waals surface area contributed by atoms with Gasteiger partial charge in [0.15, 0.2) is 41.1 Å². The van der Waals surface area contributed by atoms with E-state index in [0.29, 0.717) is 44.3 Å². The number of carbonyl (C=O) groups is 3. The van der Waals surface area contributed by atoms with Gasteiger partial charge in [0.05, 0.1) is 43.1 Å². The molecule has 0 bridgehead atoms. The van der Waals surface area contributed by atoms with E-state index in [4.69, 9.17) is 33.2 Å².